The van der Waals surface area contributed by atoms with Gasteiger partial charge in [-0.15, -0.1) is 0 Å². The summed E-state index contributed by atoms with van der Waals surface area (Å²) in [4.78, 5) is 0. The van der Waals surface area contributed by atoms with Gasteiger partial charge in [-0.25, -0.2) is 0 Å². The highest BCUT2D eigenvalue weighted by atomic mass is 16.3. The van der Waals surface area contributed by atoms with Crippen LogP contribution in [0.5, 0.6) is 0 Å². The van der Waals surface area contributed by atoms with Gasteiger partial charge in [0, 0.05) is 12.6 Å². The minimum atomic E-state index is 0.307. The molecule has 0 saturated heterocycles. The third-order valence-electron chi connectivity index (χ3n) is 3.76. The van der Waals surface area contributed by atoms with Gasteiger partial charge in [0.25, 0.3) is 0 Å². The van der Waals surface area contributed by atoms with Crippen LogP contribution in [0.3, 0.4) is 0 Å². The minimum absolute atomic E-state index is 0.307. The molecule has 90 valence electrons. The molecule has 0 unspecified atom stereocenters. The topological polar surface area (TPSA) is 32.3 Å². The summed E-state index contributed by atoms with van der Waals surface area (Å²) in [6, 6.07) is 0.681. The molecular weight excluding hydrogens is 186 g/mol. The molecule has 0 heterocycles. The van der Waals surface area contributed by atoms with Crippen molar-refractivity contribution in [3.05, 3.63) is 0 Å². The van der Waals surface area contributed by atoms with E-state index in [2.05, 4.69) is 26.1 Å². The van der Waals surface area contributed by atoms with Gasteiger partial charge < -0.3 is 10.4 Å². The lowest BCUT2D eigenvalue weighted by Crippen LogP contribution is -2.43. The van der Waals surface area contributed by atoms with Crippen LogP contribution in [0, 0.1) is 17.8 Å². The maximum Gasteiger partial charge on any atom is 0.0443 e. The lowest BCUT2D eigenvalue weighted by Gasteiger charge is -2.38. The SMILES string of the molecule is CC(C)[C@H]1CC[C@@H](C)C[C@@H]1NCCCO. The van der Waals surface area contributed by atoms with Crippen molar-refractivity contribution in [3.63, 3.8) is 0 Å². The Hall–Kier alpha value is -0.0800. The fraction of sp³-hybridized carbons (Fsp3) is 1.00. The summed E-state index contributed by atoms with van der Waals surface area (Å²) in [7, 11) is 0. The zero-order valence-electron chi connectivity index (χ0n) is 10.5. The lowest BCUT2D eigenvalue weighted by atomic mass is 9.74. The largest absolute Gasteiger partial charge is 0.396 e. The predicted octanol–water partition coefficient (Wildman–Crippen LogP) is 2.42. The van der Waals surface area contributed by atoms with Crippen LogP contribution in [0.1, 0.15) is 46.5 Å². The molecule has 0 aromatic carbocycles. The van der Waals surface area contributed by atoms with Gasteiger partial charge in [-0.1, -0.05) is 27.2 Å². The summed E-state index contributed by atoms with van der Waals surface area (Å²) in [5, 5.41) is 12.4. The van der Waals surface area contributed by atoms with Crippen molar-refractivity contribution < 1.29 is 5.11 Å². The number of nitrogens with one attached hydrogen (secondary N) is 1. The van der Waals surface area contributed by atoms with Crippen LogP contribution in [-0.4, -0.2) is 24.3 Å². The fourth-order valence-electron chi connectivity index (χ4n) is 2.80. The summed E-state index contributed by atoms with van der Waals surface area (Å²) in [6.07, 6.45) is 4.96. The van der Waals surface area contributed by atoms with Crippen LogP contribution in [0.25, 0.3) is 0 Å². The predicted molar refractivity (Wildman–Crippen MR) is 64.8 cm³/mol. The van der Waals surface area contributed by atoms with Crippen molar-refractivity contribution in [1.29, 1.82) is 0 Å². The highest BCUT2D eigenvalue weighted by Crippen LogP contribution is 2.33. The van der Waals surface area contributed by atoms with E-state index in [1.165, 1.54) is 19.3 Å². The molecule has 0 spiro atoms. The standard InChI is InChI=1S/C13H27NO/c1-10(2)12-6-5-11(3)9-13(12)14-7-4-8-15/h10-15H,4-9H2,1-3H3/t11-,12-,13+/m1/s1. The van der Waals surface area contributed by atoms with Gasteiger partial charge in [0.15, 0.2) is 0 Å². The maximum absolute atomic E-state index is 8.78. The van der Waals surface area contributed by atoms with Crippen molar-refractivity contribution in [1.82, 2.24) is 5.32 Å². The first kappa shape index (κ1) is 13.0. The Bertz CT molecular complexity index is 170. The van der Waals surface area contributed by atoms with Crippen LogP contribution in [0.2, 0.25) is 0 Å². The quantitative estimate of drug-likeness (QED) is 0.687. The average molecular weight is 213 g/mol. The van der Waals surface area contributed by atoms with E-state index in [-0.39, 0.29) is 0 Å². The zero-order chi connectivity index (χ0) is 11.3. The molecule has 2 nitrogen and oxygen atoms in total. The van der Waals surface area contributed by atoms with Crippen LogP contribution >= 0.6 is 0 Å². The van der Waals surface area contributed by atoms with Gasteiger partial charge in [-0.2, -0.15) is 0 Å². The van der Waals surface area contributed by atoms with Crippen molar-refractivity contribution in [2.24, 2.45) is 17.8 Å². The monoisotopic (exact) mass is 213 g/mol. The van der Waals surface area contributed by atoms with Crippen LogP contribution in [-0.2, 0) is 0 Å². The molecule has 0 bridgehead atoms. The zero-order valence-corrected chi connectivity index (χ0v) is 10.5. The molecule has 0 aliphatic heterocycles. The van der Waals surface area contributed by atoms with Crippen molar-refractivity contribution in [2.45, 2.75) is 52.5 Å². The van der Waals surface area contributed by atoms with E-state index < -0.39 is 0 Å². The van der Waals surface area contributed by atoms with Crippen molar-refractivity contribution in [3.8, 4) is 0 Å². The molecule has 0 aromatic heterocycles. The van der Waals surface area contributed by atoms with Gasteiger partial charge in [-0.3, -0.25) is 0 Å². The van der Waals surface area contributed by atoms with Gasteiger partial charge in [0.1, 0.15) is 0 Å². The Morgan fingerprint density at radius 3 is 2.67 bits per heavy atom. The summed E-state index contributed by atoms with van der Waals surface area (Å²) in [5.41, 5.74) is 0. The lowest BCUT2D eigenvalue weighted by molar-refractivity contribution is 0.167. The number of aliphatic hydroxyl groups excluding tert-OH is 1. The third-order valence-corrected chi connectivity index (χ3v) is 3.76. The molecule has 1 saturated carbocycles. The molecule has 2 heteroatoms. The van der Waals surface area contributed by atoms with E-state index >= 15 is 0 Å². The number of hydrogen-bond acceptors (Lipinski definition) is 2. The molecule has 15 heavy (non-hydrogen) atoms. The molecule has 0 aromatic rings. The van der Waals surface area contributed by atoms with Gasteiger partial charge in [0.2, 0.25) is 0 Å². The first-order valence-electron chi connectivity index (χ1n) is 6.49. The molecule has 1 rings (SSSR count). The van der Waals surface area contributed by atoms with E-state index in [0.717, 1.165) is 30.7 Å². The first-order chi connectivity index (χ1) is 7.15. The van der Waals surface area contributed by atoms with Gasteiger partial charge >= 0.3 is 0 Å². The Labute approximate surface area is 94.5 Å². The maximum atomic E-state index is 8.78. The van der Waals surface area contributed by atoms with E-state index in [9.17, 15) is 0 Å². The second-order valence-electron chi connectivity index (χ2n) is 5.46. The molecule has 0 amide bonds. The molecule has 3 atom stereocenters. The average Bonchev–Trinajstić information content (AvgIpc) is 2.18. The highest BCUT2D eigenvalue weighted by molar-refractivity contribution is 4.85. The van der Waals surface area contributed by atoms with E-state index in [4.69, 9.17) is 5.11 Å². The molecule has 1 aliphatic rings. The summed E-state index contributed by atoms with van der Waals surface area (Å²) >= 11 is 0. The van der Waals surface area contributed by atoms with E-state index in [1.807, 2.05) is 0 Å². The Balaban J connectivity index is 2.39. The summed E-state index contributed by atoms with van der Waals surface area (Å²) in [5.74, 6) is 2.48. The Morgan fingerprint density at radius 1 is 1.33 bits per heavy atom. The Kier molecular flexibility index (Phi) is 5.62. The first-order valence-corrected chi connectivity index (χ1v) is 6.49. The Morgan fingerprint density at radius 2 is 2.07 bits per heavy atom. The molecule has 1 fully saturated rings. The van der Waals surface area contributed by atoms with Crippen LogP contribution in [0.15, 0.2) is 0 Å². The third kappa shape index (κ3) is 4.12. The summed E-state index contributed by atoms with van der Waals surface area (Å²) < 4.78 is 0. The van der Waals surface area contributed by atoms with Crippen LogP contribution in [0.4, 0.5) is 0 Å². The molecule has 0 radical (unpaired) electrons. The second kappa shape index (κ2) is 6.49. The van der Waals surface area contributed by atoms with Gasteiger partial charge in [0.05, 0.1) is 0 Å². The van der Waals surface area contributed by atoms with Crippen molar-refractivity contribution >= 4 is 0 Å². The normalized spacial score (nSPS) is 32.2. The number of hydrogen-bond donors (Lipinski definition) is 2. The number of rotatable bonds is 5. The van der Waals surface area contributed by atoms with Crippen molar-refractivity contribution in [2.75, 3.05) is 13.2 Å². The minimum Gasteiger partial charge on any atom is -0.396 e. The highest BCUT2D eigenvalue weighted by Gasteiger charge is 2.29. The van der Waals surface area contributed by atoms with Gasteiger partial charge in [-0.05, 0) is 43.6 Å². The van der Waals surface area contributed by atoms with E-state index in [1.54, 1.807) is 0 Å². The molecule has 2 N–H and O–H groups in total. The number of aliphatic hydroxyl groups is 1. The smallest absolute Gasteiger partial charge is 0.0443 e. The summed E-state index contributed by atoms with van der Waals surface area (Å²) in [6.45, 7) is 8.30. The molecule has 1 aliphatic carbocycles. The van der Waals surface area contributed by atoms with E-state index in [0.29, 0.717) is 12.6 Å². The second-order valence-corrected chi connectivity index (χ2v) is 5.46. The molecular formula is C13H27NO. The van der Waals surface area contributed by atoms with Crippen LogP contribution < -0.4 is 5.32 Å². The fourth-order valence-corrected chi connectivity index (χ4v) is 2.80.